The Morgan fingerprint density at radius 2 is 0.920 bits per heavy atom. The van der Waals surface area contributed by atoms with Crippen molar-refractivity contribution < 1.29 is 57.1 Å². The fraction of sp³-hybridized carbons (Fsp3) is 0.474. The number of hydrogen-bond donors (Lipinski definition) is 0. The Morgan fingerprint density at radius 3 is 1.28 bits per heavy atom. The maximum Gasteiger partial charge on any atom is 0.338 e. The molecule has 0 saturated carbocycles. The van der Waals surface area contributed by atoms with Crippen molar-refractivity contribution in [3.63, 3.8) is 0 Å². The Bertz CT molecular complexity index is 1300. The zero-order valence-corrected chi connectivity index (χ0v) is 28.3. The third-order valence-electron chi connectivity index (χ3n) is 8.10. The number of carbonyl (C=O) groups is 4. The normalized spacial score (nSPS) is 19.1. The molecule has 2 heterocycles. The van der Waals surface area contributed by atoms with Crippen LogP contribution in [0.1, 0.15) is 72.1 Å². The summed E-state index contributed by atoms with van der Waals surface area (Å²) in [5.74, 6) is -0.553. The third-order valence-corrected chi connectivity index (χ3v) is 8.10. The number of benzene rings is 2. The average molecular weight is 695 g/mol. The number of hydrogen-bond acceptors (Lipinski definition) is 12. The highest BCUT2D eigenvalue weighted by atomic mass is 16.7. The van der Waals surface area contributed by atoms with Crippen LogP contribution in [0.15, 0.2) is 73.8 Å². The van der Waals surface area contributed by atoms with Gasteiger partial charge in [-0.15, -0.1) is 0 Å². The van der Waals surface area contributed by atoms with Gasteiger partial charge in [-0.2, -0.15) is 0 Å². The fourth-order valence-corrected chi connectivity index (χ4v) is 5.38. The lowest BCUT2D eigenvalue weighted by Gasteiger charge is -2.17. The van der Waals surface area contributed by atoms with Gasteiger partial charge >= 0.3 is 23.9 Å². The Labute approximate surface area is 292 Å². The molecule has 0 aromatic heterocycles. The molecule has 2 aromatic carbocycles. The predicted molar refractivity (Wildman–Crippen MR) is 181 cm³/mol. The zero-order chi connectivity index (χ0) is 35.6. The molecule has 0 amide bonds. The Hall–Kier alpha value is -4.68. The predicted octanol–water partition coefficient (Wildman–Crippen LogP) is 5.57. The largest absolute Gasteiger partial charge is 0.494 e. The molecule has 270 valence electrons. The lowest BCUT2D eigenvalue weighted by Crippen LogP contribution is -2.36. The summed E-state index contributed by atoms with van der Waals surface area (Å²) < 4.78 is 44.5. The monoisotopic (exact) mass is 694 g/mol. The minimum absolute atomic E-state index is 0.127. The van der Waals surface area contributed by atoms with Crippen LogP contribution in [0.2, 0.25) is 0 Å². The summed E-state index contributed by atoms with van der Waals surface area (Å²) in [6, 6.07) is 13.4. The highest BCUT2D eigenvalue weighted by Gasteiger charge is 2.51. The molecule has 0 bridgehead atoms. The van der Waals surface area contributed by atoms with Gasteiger partial charge in [-0.1, -0.05) is 13.2 Å². The zero-order valence-electron chi connectivity index (χ0n) is 28.3. The van der Waals surface area contributed by atoms with E-state index in [-0.39, 0.29) is 13.2 Å². The van der Waals surface area contributed by atoms with Crippen molar-refractivity contribution in [1.82, 2.24) is 0 Å². The SMILES string of the molecule is C=CC(=O)OCCCCCCOc1ccc(C(=O)O[C@H]2CO[C@@H]3[C@H]2OC[C@H]3OC(=O)c2ccc(OCCCCCCOC(=O)C=C)cc2)cc1. The van der Waals surface area contributed by atoms with Gasteiger partial charge in [-0.05, 0) is 99.9 Å². The van der Waals surface area contributed by atoms with E-state index in [2.05, 4.69) is 13.2 Å². The molecule has 12 heteroatoms. The molecule has 12 nitrogen and oxygen atoms in total. The van der Waals surface area contributed by atoms with E-state index in [9.17, 15) is 19.2 Å². The highest BCUT2D eigenvalue weighted by molar-refractivity contribution is 5.90. The highest BCUT2D eigenvalue weighted by Crippen LogP contribution is 2.32. The summed E-state index contributed by atoms with van der Waals surface area (Å²) in [6.45, 7) is 8.81. The minimum Gasteiger partial charge on any atom is -0.494 e. The quantitative estimate of drug-likeness (QED) is 0.0658. The van der Waals surface area contributed by atoms with Gasteiger partial charge in [0.05, 0.1) is 50.8 Å². The van der Waals surface area contributed by atoms with Crippen LogP contribution in [0.3, 0.4) is 0 Å². The summed E-state index contributed by atoms with van der Waals surface area (Å²) in [6.07, 6.45) is 6.93. The fourth-order valence-electron chi connectivity index (χ4n) is 5.38. The first kappa shape index (κ1) is 38.1. The van der Waals surface area contributed by atoms with Gasteiger partial charge < -0.3 is 37.9 Å². The van der Waals surface area contributed by atoms with E-state index >= 15 is 0 Å². The molecule has 0 unspecified atom stereocenters. The topological polar surface area (TPSA) is 142 Å². The number of unbranched alkanes of at least 4 members (excludes halogenated alkanes) is 6. The van der Waals surface area contributed by atoms with Crippen LogP contribution in [-0.4, -0.2) is 87.9 Å². The number of ether oxygens (including phenoxy) is 8. The molecule has 50 heavy (non-hydrogen) atoms. The van der Waals surface area contributed by atoms with Crippen LogP contribution in [0.5, 0.6) is 11.5 Å². The van der Waals surface area contributed by atoms with E-state index in [1.165, 1.54) is 0 Å². The van der Waals surface area contributed by atoms with Crippen molar-refractivity contribution in [2.24, 2.45) is 0 Å². The first-order chi connectivity index (χ1) is 24.4. The minimum atomic E-state index is -0.640. The Morgan fingerprint density at radius 1 is 0.560 bits per heavy atom. The molecule has 2 fully saturated rings. The molecular formula is C38H46O12. The second-order valence-electron chi connectivity index (χ2n) is 11.8. The van der Waals surface area contributed by atoms with Crippen LogP contribution in [-0.2, 0) is 38.0 Å². The van der Waals surface area contributed by atoms with Gasteiger partial charge in [0.1, 0.15) is 23.7 Å². The standard InChI is InChI=1S/C38H46O12/c1-3-33(39)45-23-11-7-5-9-21-43-29-17-13-27(14-18-29)37(41)49-31-25-47-36-32(26-48-35(31)36)50-38(42)28-15-19-30(20-16-28)44-22-10-6-8-12-24-46-34(40)4-2/h3-4,13-20,31-32,35-36H,1-2,5-12,21-26H2/t31-,32+,35-,36-/m0/s1. The van der Waals surface area contributed by atoms with Gasteiger partial charge in [0.2, 0.25) is 0 Å². The summed E-state index contributed by atoms with van der Waals surface area (Å²) in [7, 11) is 0. The first-order valence-corrected chi connectivity index (χ1v) is 17.1. The molecule has 0 N–H and O–H groups in total. The molecule has 2 aliphatic rings. The number of rotatable bonds is 22. The van der Waals surface area contributed by atoms with Crippen LogP contribution in [0, 0.1) is 0 Å². The first-order valence-electron chi connectivity index (χ1n) is 17.1. The maximum absolute atomic E-state index is 12.9. The van der Waals surface area contributed by atoms with Crippen molar-refractivity contribution in [1.29, 1.82) is 0 Å². The maximum atomic E-state index is 12.9. The van der Waals surface area contributed by atoms with Gasteiger partial charge in [-0.3, -0.25) is 0 Å². The number of carbonyl (C=O) groups excluding carboxylic acids is 4. The Balaban J connectivity index is 1.10. The van der Waals surface area contributed by atoms with E-state index in [0.717, 1.165) is 63.5 Å². The Kier molecular flexibility index (Phi) is 15.8. The van der Waals surface area contributed by atoms with E-state index in [1.54, 1.807) is 48.5 Å². The van der Waals surface area contributed by atoms with Crippen LogP contribution in [0.4, 0.5) is 0 Å². The van der Waals surface area contributed by atoms with Gasteiger partial charge in [-0.25, -0.2) is 19.2 Å². The lowest BCUT2D eigenvalue weighted by atomic mass is 10.1. The average Bonchev–Trinajstić information content (AvgIpc) is 3.73. The molecule has 0 radical (unpaired) electrons. The molecule has 2 saturated heterocycles. The second kappa shape index (κ2) is 20.7. The molecule has 0 aliphatic carbocycles. The van der Waals surface area contributed by atoms with Crippen molar-refractivity contribution in [2.45, 2.75) is 75.8 Å². The van der Waals surface area contributed by atoms with Crippen molar-refractivity contribution in [3.05, 3.63) is 85.0 Å². The van der Waals surface area contributed by atoms with Crippen LogP contribution >= 0.6 is 0 Å². The summed E-state index contributed by atoms with van der Waals surface area (Å²) in [5, 5.41) is 0. The van der Waals surface area contributed by atoms with E-state index < -0.39 is 48.3 Å². The van der Waals surface area contributed by atoms with E-state index in [1.807, 2.05) is 0 Å². The molecular weight excluding hydrogens is 648 g/mol. The summed E-state index contributed by atoms with van der Waals surface area (Å²) in [5.41, 5.74) is 0.735. The van der Waals surface area contributed by atoms with Crippen molar-refractivity contribution in [3.8, 4) is 11.5 Å². The van der Waals surface area contributed by atoms with Gasteiger partial charge in [0, 0.05) is 12.2 Å². The molecule has 4 atom stereocenters. The van der Waals surface area contributed by atoms with Gasteiger partial charge in [0.15, 0.2) is 12.2 Å². The third kappa shape index (κ3) is 12.3. The van der Waals surface area contributed by atoms with Crippen LogP contribution in [0.25, 0.3) is 0 Å². The second-order valence-corrected chi connectivity index (χ2v) is 11.8. The molecule has 0 spiro atoms. The smallest absolute Gasteiger partial charge is 0.338 e. The van der Waals surface area contributed by atoms with E-state index in [4.69, 9.17) is 37.9 Å². The van der Waals surface area contributed by atoms with Crippen molar-refractivity contribution in [2.75, 3.05) is 39.6 Å². The summed E-state index contributed by atoms with van der Waals surface area (Å²) >= 11 is 0. The van der Waals surface area contributed by atoms with Crippen molar-refractivity contribution >= 4 is 23.9 Å². The molecule has 4 rings (SSSR count). The lowest BCUT2D eigenvalue weighted by molar-refractivity contribution is -0.138. The van der Waals surface area contributed by atoms with Gasteiger partial charge in [0.25, 0.3) is 0 Å². The number of fused-ring (bicyclic) bond motifs is 1. The summed E-state index contributed by atoms with van der Waals surface area (Å²) in [4.78, 5) is 47.8. The molecule has 2 aliphatic heterocycles. The number of esters is 4. The van der Waals surface area contributed by atoms with Crippen LogP contribution < -0.4 is 9.47 Å². The molecule has 2 aromatic rings. The van der Waals surface area contributed by atoms with E-state index in [0.29, 0.717) is 49.1 Å².